The zero-order valence-electron chi connectivity index (χ0n) is 21.5. The van der Waals surface area contributed by atoms with Crippen molar-refractivity contribution in [2.45, 2.75) is 32.7 Å². The van der Waals surface area contributed by atoms with Crippen LogP contribution in [0.4, 0.5) is 10.5 Å². The lowest BCUT2D eigenvalue weighted by Gasteiger charge is -2.36. The Kier molecular flexibility index (Phi) is 7.87. The van der Waals surface area contributed by atoms with Gasteiger partial charge >= 0.3 is 6.09 Å². The summed E-state index contributed by atoms with van der Waals surface area (Å²) >= 11 is 0. The summed E-state index contributed by atoms with van der Waals surface area (Å²) in [6.45, 7) is 6.76. The van der Waals surface area contributed by atoms with E-state index in [1.807, 2.05) is 48.9 Å². The van der Waals surface area contributed by atoms with Crippen LogP contribution in [0.5, 0.6) is 0 Å². The molecule has 0 spiro atoms. The van der Waals surface area contributed by atoms with Crippen LogP contribution < -0.4 is 11.1 Å². The van der Waals surface area contributed by atoms with Crippen molar-refractivity contribution in [1.29, 1.82) is 5.41 Å². The van der Waals surface area contributed by atoms with Crippen LogP contribution in [0.2, 0.25) is 0 Å². The monoisotopic (exact) mass is 493 g/mol. The molecule has 0 bridgehead atoms. The van der Waals surface area contributed by atoms with Crippen LogP contribution in [0.1, 0.15) is 37.7 Å². The van der Waals surface area contributed by atoms with Crippen molar-refractivity contribution >= 4 is 34.6 Å². The van der Waals surface area contributed by atoms with E-state index in [0.29, 0.717) is 18.7 Å². The van der Waals surface area contributed by atoms with E-state index in [1.165, 1.54) is 4.90 Å². The number of nitrogens with two attached hydrogens (primary N) is 1. The molecule has 5 N–H and O–H groups in total. The highest BCUT2D eigenvalue weighted by molar-refractivity contribution is 5.95. The minimum absolute atomic E-state index is 0.0220. The number of nitrogens with zero attached hydrogens (tertiary/aromatic N) is 4. The number of amidine groups is 1. The maximum absolute atomic E-state index is 13.5. The van der Waals surface area contributed by atoms with Gasteiger partial charge in [0, 0.05) is 45.0 Å². The molecule has 3 rings (SSSR count). The van der Waals surface area contributed by atoms with E-state index >= 15 is 0 Å². The molecule has 10 heteroatoms. The zero-order valence-corrected chi connectivity index (χ0v) is 21.5. The minimum Gasteiger partial charge on any atom is -0.465 e. The summed E-state index contributed by atoms with van der Waals surface area (Å²) in [7, 11) is 3.66. The maximum atomic E-state index is 13.5. The average Bonchev–Trinajstić information content (AvgIpc) is 3.19. The summed E-state index contributed by atoms with van der Waals surface area (Å²) in [6, 6.07) is 13.0. The Labute approximate surface area is 211 Å². The molecule has 0 aliphatic carbocycles. The van der Waals surface area contributed by atoms with Crippen molar-refractivity contribution in [2.24, 2.45) is 12.8 Å². The van der Waals surface area contributed by atoms with E-state index in [1.54, 1.807) is 37.9 Å². The summed E-state index contributed by atoms with van der Waals surface area (Å²) in [5, 5.41) is 20.5. The lowest BCUT2D eigenvalue weighted by molar-refractivity contribution is -0.135. The number of fused-ring (bicyclic) bond motifs is 1. The molecule has 1 heterocycles. The van der Waals surface area contributed by atoms with Crippen molar-refractivity contribution in [3.63, 3.8) is 0 Å². The SMILES string of the molecule is CCN(C)C(=O)C(C)(CN(CC)C(=O)O)c1ccc2c(c1)nc(CNc1ccc(C(=N)N)cc1)n2C. The summed E-state index contributed by atoms with van der Waals surface area (Å²) in [4.78, 5) is 32.9. The van der Waals surface area contributed by atoms with Gasteiger partial charge in [-0.2, -0.15) is 0 Å². The van der Waals surface area contributed by atoms with Crippen molar-refractivity contribution in [3.05, 3.63) is 59.4 Å². The number of carbonyl (C=O) groups is 2. The Morgan fingerprint density at radius 3 is 2.39 bits per heavy atom. The van der Waals surface area contributed by atoms with Gasteiger partial charge in [-0.1, -0.05) is 6.07 Å². The van der Waals surface area contributed by atoms with Gasteiger partial charge in [0.15, 0.2) is 0 Å². The second-order valence-electron chi connectivity index (χ2n) is 9.08. The van der Waals surface area contributed by atoms with Crippen LogP contribution in [0.3, 0.4) is 0 Å². The summed E-state index contributed by atoms with van der Waals surface area (Å²) in [6.07, 6.45) is -1.06. The van der Waals surface area contributed by atoms with Gasteiger partial charge in [-0.3, -0.25) is 10.2 Å². The first-order valence-corrected chi connectivity index (χ1v) is 11.9. The van der Waals surface area contributed by atoms with E-state index in [9.17, 15) is 14.7 Å². The Morgan fingerprint density at radius 2 is 1.83 bits per heavy atom. The number of carbonyl (C=O) groups excluding carboxylic acids is 1. The topological polar surface area (TPSA) is 141 Å². The molecule has 2 aromatic carbocycles. The lowest BCUT2D eigenvalue weighted by atomic mass is 9.80. The quantitative estimate of drug-likeness (QED) is 0.252. The number of anilines is 1. The number of hydrogen-bond donors (Lipinski definition) is 4. The van der Waals surface area contributed by atoms with Crippen LogP contribution >= 0.6 is 0 Å². The second-order valence-corrected chi connectivity index (χ2v) is 9.08. The van der Waals surface area contributed by atoms with E-state index in [-0.39, 0.29) is 24.8 Å². The molecule has 0 saturated carbocycles. The molecule has 0 fully saturated rings. The number of nitrogen functional groups attached to an aromatic ring is 1. The number of aromatic nitrogens is 2. The van der Waals surface area contributed by atoms with Crippen molar-refractivity contribution in [2.75, 3.05) is 32.0 Å². The van der Waals surface area contributed by atoms with Crippen LogP contribution in [0, 0.1) is 5.41 Å². The molecule has 10 nitrogen and oxygen atoms in total. The Bertz CT molecular complexity index is 1270. The van der Waals surface area contributed by atoms with E-state index in [0.717, 1.165) is 28.1 Å². The molecule has 1 aromatic heterocycles. The van der Waals surface area contributed by atoms with Gasteiger partial charge in [-0.25, -0.2) is 9.78 Å². The summed E-state index contributed by atoms with van der Waals surface area (Å²) < 4.78 is 1.99. The molecular formula is C26H35N7O3. The highest BCUT2D eigenvalue weighted by Crippen LogP contribution is 2.30. The number of rotatable bonds is 10. The fraction of sp³-hybridized carbons (Fsp3) is 0.385. The van der Waals surface area contributed by atoms with Crippen molar-refractivity contribution in [1.82, 2.24) is 19.4 Å². The fourth-order valence-electron chi connectivity index (χ4n) is 4.24. The largest absolute Gasteiger partial charge is 0.465 e. The molecule has 0 aliphatic heterocycles. The van der Waals surface area contributed by atoms with Crippen molar-refractivity contribution < 1.29 is 14.7 Å². The van der Waals surface area contributed by atoms with Gasteiger partial charge in [0.05, 0.1) is 23.0 Å². The molecule has 36 heavy (non-hydrogen) atoms. The lowest BCUT2D eigenvalue weighted by Crippen LogP contribution is -2.51. The number of amides is 2. The highest BCUT2D eigenvalue weighted by atomic mass is 16.4. The van der Waals surface area contributed by atoms with Gasteiger partial charge < -0.3 is 30.5 Å². The van der Waals surface area contributed by atoms with E-state index in [2.05, 4.69) is 5.32 Å². The first-order valence-electron chi connectivity index (χ1n) is 11.9. The summed E-state index contributed by atoms with van der Waals surface area (Å²) in [5.41, 5.74) is 8.35. The number of likely N-dealkylation sites (N-methyl/N-ethyl adjacent to an activating group) is 2. The Hall–Kier alpha value is -4.08. The highest BCUT2D eigenvalue weighted by Gasteiger charge is 2.40. The first kappa shape index (κ1) is 26.5. The number of benzene rings is 2. The average molecular weight is 494 g/mol. The van der Waals surface area contributed by atoms with Gasteiger partial charge in [0.1, 0.15) is 11.7 Å². The maximum Gasteiger partial charge on any atom is 0.407 e. The molecule has 192 valence electrons. The standard InChI is InChI=1S/C26H35N7O3/c1-6-31(4)24(34)26(3,16-33(7-2)25(35)36)18-10-13-21-20(14-18)30-22(32(21)5)15-29-19-11-8-17(9-12-19)23(27)28/h8-14,29H,6-7,15-16H2,1-5H3,(H3,27,28)(H,35,36). The van der Waals surface area contributed by atoms with Gasteiger partial charge in [-0.15, -0.1) is 0 Å². The Morgan fingerprint density at radius 1 is 1.17 bits per heavy atom. The third-order valence-electron chi connectivity index (χ3n) is 6.71. The first-order chi connectivity index (χ1) is 17.0. The van der Waals surface area contributed by atoms with Crippen LogP contribution in [0.15, 0.2) is 42.5 Å². The van der Waals surface area contributed by atoms with Crippen LogP contribution in [-0.2, 0) is 23.8 Å². The Balaban J connectivity index is 1.94. The fourth-order valence-corrected chi connectivity index (χ4v) is 4.24. The predicted molar refractivity (Wildman–Crippen MR) is 141 cm³/mol. The number of nitrogens with one attached hydrogen (secondary N) is 2. The van der Waals surface area contributed by atoms with Crippen LogP contribution in [0.25, 0.3) is 11.0 Å². The number of carboxylic acid groups (broad SMARTS) is 1. The minimum atomic E-state index is -1.07. The normalized spacial score (nSPS) is 12.7. The van der Waals surface area contributed by atoms with Gasteiger partial charge in [0.25, 0.3) is 0 Å². The predicted octanol–water partition coefficient (Wildman–Crippen LogP) is 3.21. The summed E-state index contributed by atoms with van der Waals surface area (Å²) in [5.74, 6) is 0.682. The molecule has 2 amide bonds. The smallest absolute Gasteiger partial charge is 0.407 e. The third kappa shape index (κ3) is 5.27. The van der Waals surface area contributed by atoms with Gasteiger partial charge in [0.2, 0.25) is 5.91 Å². The van der Waals surface area contributed by atoms with Crippen molar-refractivity contribution in [3.8, 4) is 0 Å². The third-order valence-corrected chi connectivity index (χ3v) is 6.71. The second kappa shape index (κ2) is 10.7. The molecule has 1 atom stereocenters. The molecule has 0 radical (unpaired) electrons. The number of hydrogen-bond acceptors (Lipinski definition) is 5. The zero-order chi connectivity index (χ0) is 26.6. The van der Waals surface area contributed by atoms with Gasteiger partial charge in [-0.05, 0) is 62.7 Å². The van der Waals surface area contributed by atoms with Crippen LogP contribution in [-0.4, -0.2) is 69.0 Å². The number of imidazole rings is 1. The molecule has 3 aromatic rings. The molecule has 0 saturated heterocycles. The molecule has 0 aliphatic rings. The number of aryl methyl sites for hydroxylation is 1. The molecular weight excluding hydrogens is 458 g/mol. The van der Waals surface area contributed by atoms with E-state index in [4.69, 9.17) is 16.1 Å². The molecule has 1 unspecified atom stereocenters. The van der Waals surface area contributed by atoms with E-state index < -0.39 is 11.5 Å².